The Labute approximate surface area is 75.0 Å². The molecule has 0 radical (unpaired) electrons. The van der Waals surface area contributed by atoms with Gasteiger partial charge in [0.25, 0.3) is 0 Å². The predicted molar refractivity (Wildman–Crippen MR) is 40.9 cm³/mol. The summed E-state index contributed by atoms with van der Waals surface area (Å²) in [6, 6.07) is 0. The molecule has 0 spiro atoms. The maximum Gasteiger partial charge on any atom is 0.111 e. The molecular formula is C7H14O6. The Kier molecular flexibility index (Phi) is 3.60. The number of hydrogen-bond donors (Lipinski definition) is 5. The van der Waals surface area contributed by atoms with Gasteiger partial charge >= 0.3 is 0 Å². The Balaban J connectivity index is 2.66. The summed E-state index contributed by atoms with van der Waals surface area (Å²) in [5.41, 5.74) is 0. The third-order valence-corrected chi connectivity index (χ3v) is 2.17. The van der Waals surface area contributed by atoms with Crippen LogP contribution in [0.5, 0.6) is 0 Å². The van der Waals surface area contributed by atoms with Crippen molar-refractivity contribution in [3.05, 3.63) is 0 Å². The summed E-state index contributed by atoms with van der Waals surface area (Å²) in [5.74, 6) is 0. The molecule has 6 nitrogen and oxygen atoms in total. The van der Waals surface area contributed by atoms with E-state index in [1.807, 2.05) is 0 Å². The van der Waals surface area contributed by atoms with Gasteiger partial charge < -0.3 is 30.3 Å². The van der Waals surface area contributed by atoms with Crippen molar-refractivity contribution in [1.82, 2.24) is 0 Å². The van der Waals surface area contributed by atoms with Crippen molar-refractivity contribution in [3.63, 3.8) is 0 Å². The van der Waals surface area contributed by atoms with Crippen LogP contribution in [0, 0.1) is 0 Å². The second kappa shape index (κ2) is 4.32. The molecule has 4 unspecified atom stereocenters. The number of aliphatic hydroxyl groups excluding tert-OH is 5. The average Bonchev–Trinajstić information content (AvgIpc) is 2.15. The largest absolute Gasteiger partial charge is 0.394 e. The molecule has 1 aliphatic heterocycles. The van der Waals surface area contributed by atoms with E-state index in [-0.39, 0.29) is 0 Å². The number of hydrogen-bond acceptors (Lipinski definition) is 6. The molecule has 0 bridgehead atoms. The van der Waals surface area contributed by atoms with Gasteiger partial charge in [0.05, 0.1) is 13.2 Å². The molecule has 5 N–H and O–H groups in total. The van der Waals surface area contributed by atoms with Crippen molar-refractivity contribution in [2.75, 3.05) is 13.2 Å². The molecule has 1 saturated heterocycles. The van der Waals surface area contributed by atoms with Gasteiger partial charge in [-0.2, -0.15) is 0 Å². The van der Waals surface area contributed by atoms with Gasteiger partial charge in [0.15, 0.2) is 0 Å². The Morgan fingerprint density at radius 1 is 0.769 bits per heavy atom. The third kappa shape index (κ3) is 1.98. The normalized spacial score (nSPS) is 46.4. The SMILES string of the molecule is OCC1O[C@H](CO)C(O)C(O)C1O. The van der Waals surface area contributed by atoms with E-state index in [0.29, 0.717) is 0 Å². The van der Waals surface area contributed by atoms with Gasteiger partial charge in [-0.1, -0.05) is 0 Å². The van der Waals surface area contributed by atoms with Crippen LogP contribution in [-0.2, 0) is 4.74 Å². The van der Waals surface area contributed by atoms with E-state index in [1.54, 1.807) is 0 Å². The molecule has 0 aliphatic carbocycles. The quantitative estimate of drug-likeness (QED) is 0.317. The molecule has 0 amide bonds. The molecule has 0 saturated carbocycles. The number of rotatable bonds is 2. The van der Waals surface area contributed by atoms with E-state index in [9.17, 15) is 15.3 Å². The van der Waals surface area contributed by atoms with Crippen LogP contribution in [0.3, 0.4) is 0 Å². The number of ether oxygens (including phenoxy) is 1. The minimum absolute atomic E-state index is 0.471. The van der Waals surface area contributed by atoms with E-state index in [1.165, 1.54) is 0 Å². The smallest absolute Gasteiger partial charge is 0.111 e. The molecule has 13 heavy (non-hydrogen) atoms. The first kappa shape index (κ1) is 10.8. The fourth-order valence-corrected chi connectivity index (χ4v) is 1.33. The maximum absolute atomic E-state index is 9.25. The zero-order valence-electron chi connectivity index (χ0n) is 6.95. The highest BCUT2D eigenvalue weighted by Gasteiger charge is 2.42. The van der Waals surface area contributed by atoms with E-state index >= 15 is 0 Å². The van der Waals surface area contributed by atoms with Crippen LogP contribution in [0.1, 0.15) is 0 Å². The van der Waals surface area contributed by atoms with Crippen molar-refractivity contribution in [2.24, 2.45) is 0 Å². The van der Waals surface area contributed by atoms with Crippen LogP contribution in [0.15, 0.2) is 0 Å². The molecule has 78 valence electrons. The van der Waals surface area contributed by atoms with Crippen LogP contribution >= 0.6 is 0 Å². The summed E-state index contributed by atoms with van der Waals surface area (Å²) < 4.78 is 4.92. The van der Waals surface area contributed by atoms with Gasteiger partial charge in [-0.25, -0.2) is 0 Å². The molecule has 1 rings (SSSR count). The molecule has 0 aromatic carbocycles. The lowest BCUT2D eigenvalue weighted by atomic mass is 9.95. The molecule has 0 aromatic heterocycles. The first-order valence-electron chi connectivity index (χ1n) is 4.03. The summed E-state index contributed by atoms with van der Waals surface area (Å²) in [6.45, 7) is -0.942. The van der Waals surface area contributed by atoms with Gasteiger partial charge in [0.1, 0.15) is 30.5 Å². The standard InChI is InChI=1S/C7H14O6/c8-1-3-5(10)7(12)6(11)4(2-9)13-3/h3-12H,1-2H2/t3-,4?,5?,6?,7?/m1/s1. The van der Waals surface area contributed by atoms with Crippen LogP contribution in [0.2, 0.25) is 0 Å². The molecule has 1 aliphatic rings. The molecular weight excluding hydrogens is 180 g/mol. The highest BCUT2D eigenvalue weighted by Crippen LogP contribution is 2.20. The maximum atomic E-state index is 9.25. The Bertz CT molecular complexity index is 143. The fraction of sp³-hybridized carbons (Fsp3) is 1.00. The minimum atomic E-state index is -1.40. The molecule has 0 aromatic rings. The lowest BCUT2D eigenvalue weighted by Gasteiger charge is -2.39. The highest BCUT2D eigenvalue weighted by atomic mass is 16.6. The summed E-state index contributed by atoms with van der Waals surface area (Å²) in [4.78, 5) is 0. The van der Waals surface area contributed by atoms with E-state index in [0.717, 1.165) is 0 Å². The fourth-order valence-electron chi connectivity index (χ4n) is 1.33. The summed E-state index contributed by atoms with van der Waals surface area (Å²) in [6.07, 6.45) is -5.99. The van der Waals surface area contributed by atoms with Crippen LogP contribution in [0.4, 0.5) is 0 Å². The summed E-state index contributed by atoms with van der Waals surface area (Å²) in [7, 11) is 0. The Morgan fingerprint density at radius 3 is 1.46 bits per heavy atom. The third-order valence-electron chi connectivity index (χ3n) is 2.17. The van der Waals surface area contributed by atoms with Crippen molar-refractivity contribution >= 4 is 0 Å². The zero-order chi connectivity index (χ0) is 10.0. The number of aliphatic hydroxyl groups is 5. The first-order valence-corrected chi connectivity index (χ1v) is 4.03. The van der Waals surface area contributed by atoms with E-state index < -0.39 is 43.7 Å². The van der Waals surface area contributed by atoms with Gasteiger partial charge in [-0.15, -0.1) is 0 Å². The van der Waals surface area contributed by atoms with Crippen LogP contribution < -0.4 is 0 Å². The highest BCUT2D eigenvalue weighted by molar-refractivity contribution is 4.91. The summed E-state index contributed by atoms with van der Waals surface area (Å²) in [5, 5.41) is 45.2. The first-order chi connectivity index (χ1) is 6.11. The molecule has 5 atom stereocenters. The van der Waals surface area contributed by atoms with Crippen molar-refractivity contribution in [3.8, 4) is 0 Å². The van der Waals surface area contributed by atoms with Gasteiger partial charge in [0.2, 0.25) is 0 Å². The molecule has 6 heteroatoms. The van der Waals surface area contributed by atoms with Crippen molar-refractivity contribution in [1.29, 1.82) is 0 Å². The average molecular weight is 194 g/mol. The monoisotopic (exact) mass is 194 g/mol. The lowest BCUT2D eigenvalue weighted by molar-refractivity contribution is -0.235. The van der Waals surface area contributed by atoms with Gasteiger partial charge in [-0.05, 0) is 0 Å². The second-order valence-corrected chi connectivity index (χ2v) is 3.05. The van der Waals surface area contributed by atoms with Crippen LogP contribution in [-0.4, -0.2) is 69.3 Å². The van der Waals surface area contributed by atoms with E-state index in [4.69, 9.17) is 14.9 Å². The minimum Gasteiger partial charge on any atom is -0.394 e. The molecule has 1 fully saturated rings. The van der Waals surface area contributed by atoms with E-state index in [2.05, 4.69) is 0 Å². The Morgan fingerprint density at radius 2 is 1.15 bits per heavy atom. The van der Waals surface area contributed by atoms with Crippen molar-refractivity contribution < 1.29 is 30.3 Å². The van der Waals surface area contributed by atoms with Crippen molar-refractivity contribution in [2.45, 2.75) is 30.5 Å². The summed E-state index contributed by atoms with van der Waals surface area (Å²) >= 11 is 0. The van der Waals surface area contributed by atoms with Gasteiger partial charge in [-0.3, -0.25) is 0 Å². The second-order valence-electron chi connectivity index (χ2n) is 3.05. The van der Waals surface area contributed by atoms with Crippen LogP contribution in [0.25, 0.3) is 0 Å². The predicted octanol–water partition coefficient (Wildman–Crippen LogP) is -3.18. The zero-order valence-corrected chi connectivity index (χ0v) is 6.95. The molecule has 1 heterocycles. The topological polar surface area (TPSA) is 110 Å². The Hall–Kier alpha value is -0.240. The van der Waals surface area contributed by atoms with Gasteiger partial charge in [0, 0.05) is 0 Å². The lowest BCUT2D eigenvalue weighted by Crippen LogP contribution is -2.59.